The van der Waals surface area contributed by atoms with Gasteiger partial charge >= 0.3 is 0 Å². The summed E-state index contributed by atoms with van der Waals surface area (Å²) in [5.74, 6) is 1.35. The first kappa shape index (κ1) is 23.7. The summed E-state index contributed by atoms with van der Waals surface area (Å²) >= 11 is 2.19. The van der Waals surface area contributed by atoms with Crippen molar-refractivity contribution in [1.29, 1.82) is 0 Å². The highest BCUT2D eigenvalue weighted by molar-refractivity contribution is 14.1. The molecule has 0 spiro atoms. The van der Waals surface area contributed by atoms with E-state index >= 15 is 0 Å². The van der Waals surface area contributed by atoms with Crippen LogP contribution in [0.15, 0.2) is 76.6 Å². The van der Waals surface area contributed by atoms with E-state index in [2.05, 4.69) is 27.7 Å². The largest absolute Gasteiger partial charge is 0.488 e. The summed E-state index contributed by atoms with van der Waals surface area (Å²) in [6.07, 6.45) is 7.24. The van der Waals surface area contributed by atoms with E-state index in [1.54, 1.807) is 30.5 Å². The summed E-state index contributed by atoms with van der Waals surface area (Å²) in [5, 5.41) is 5.17. The predicted molar refractivity (Wildman–Crippen MR) is 145 cm³/mol. The van der Waals surface area contributed by atoms with Crippen molar-refractivity contribution in [2.75, 3.05) is 0 Å². The standard InChI is InChI=1S/C28H25FIN3O2/c29-23-12-6-4-10-21(23)18-35-26-15-14-19(16-24(26)30)17-31-33-27(20-8-2-1-3-9-20)32-25-13-7-5-11-22(25)28(33)34/h4-7,10-17,20H,1-3,8-9,18H2. The molecule has 1 fully saturated rings. The minimum absolute atomic E-state index is 0.146. The Hall–Kier alpha value is -3.07. The van der Waals surface area contributed by atoms with Crippen LogP contribution < -0.4 is 10.3 Å². The van der Waals surface area contributed by atoms with Gasteiger partial charge in [0.2, 0.25) is 0 Å². The molecule has 3 aromatic carbocycles. The average molecular weight is 581 g/mol. The molecule has 0 amide bonds. The minimum atomic E-state index is -0.283. The molecule has 5 nitrogen and oxygen atoms in total. The fraction of sp³-hybridized carbons (Fsp3) is 0.250. The molecule has 178 valence electrons. The van der Waals surface area contributed by atoms with E-state index in [0.717, 1.165) is 46.2 Å². The van der Waals surface area contributed by atoms with Crippen molar-refractivity contribution in [3.8, 4) is 5.75 Å². The van der Waals surface area contributed by atoms with Crippen LogP contribution in [0.3, 0.4) is 0 Å². The highest BCUT2D eigenvalue weighted by Gasteiger charge is 2.22. The molecule has 0 bridgehead atoms. The second-order valence-electron chi connectivity index (χ2n) is 8.75. The number of rotatable bonds is 6. The summed E-state index contributed by atoms with van der Waals surface area (Å²) in [7, 11) is 0. The Morgan fingerprint density at radius 2 is 1.83 bits per heavy atom. The molecule has 5 rings (SSSR count). The van der Waals surface area contributed by atoms with Gasteiger partial charge in [-0.25, -0.2) is 9.37 Å². The van der Waals surface area contributed by atoms with E-state index < -0.39 is 0 Å². The predicted octanol–water partition coefficient (Wildman–Crippen LogP) is 6.65. The van der Waals surface area contributed by atoms with Gasteiger partial charge in [-0.1, -0.05) is 49.6 Å². The maximum atomic E-state index is 13.9. The number of ether oxygens (including phenoxy) is 1. The number of fused-ring (bicyclic) bond motifs is 1. The van der Waals surface area contributed by atoms with E-state index in [-0.39, 0.29) is 23.9 Å². The maximum Gasteiger partial charge on any atom is 0.282 e. The number of aromatic nitrogens is 2. The monoisotopic (exact) mass is 581 g/mol. The van der Waals surface area contributed by atoms with Gasteiger partial charge in [0.1, 0.15) is 24.0 Å². The van der Waals surface area contributed by atoms with Crippen molar-refractivity contribution in [3.63, 3.8) is 0 Å². The molecule has 1 heterocycles. The SMILES string of the molecule is O=c1c2ccccc2nc(C2CCCCC2)n1N=Cc1ccc(OCc2ccccc2F)c(I)c1. The Morgan fingerprint density at radius 3 is 2.63 bits per heavy atom. The molecule has 0 atom stereocenters. The third kappa shape index (κ3) is 5.29. The van der Waals surface area contributed by atoms with Crippen molar-refractivity contribution in [3.05, 3.63) is 103 Å². The van der Waals surface area contributed by atoms with E-state index in [0.29, 0.717) is 16.7 Å². The molecule has 1 aliphatic carbocycles. The summed E-state index contributed by atoms with van der Waals surface area (Å²) < 4.78 is 22.1. The number of hydrogen-bond acceptors (Lipinski definition) is 4. The average Bonchev–Trinajstić information content (AvgIpc) is 2.89. The topological polar surface area (TPSA) is 56.5 Å². The van der Waals surface area contributed by atoms with Gasteiger partial charge in [0, 0.05) is 11.5 Å². The van der Waals surface area contributed by atoms with Crippen LogP contribution in [0.25, 0.3) is 10.9 Å². The zero-order valence-corrected chi connectivity index (χ0v) is 21.3. The van der Waals surface area contributed by atoms with E-state index in [1.165, 1.54) is 17.2 Å². The lowest BCUT2D eigenvalue weighted by molar-refractivity contribution is 0.297. The molecule has 7 heteroatoms. The van der Waals surface area contributed by atoms with Crippen molar-refractivity contribution < 1.29 is 9.13 Å². The maximum absolute atomic E-state index is 13.9. The van der Waals surface area contributed by atoms with Gasteiger partial charge in [0.05, 0.1) is 20.7 Å². The van der Waals surface area contributed by atoms with Crippen LogP contribution in [0.2, 0.25) is 0 Å². The number of para-hydroxylation sites is 1. The lowest BCUT2D eigenvalue weighted by atomic mass is 9.88. The van der Waals surface area contributed by atoms with Gasteiger partial charge in [-0.2, -0.15) is 9.78 Å². The van der Waals surface area contributed by atoms with Crippen LogP contribution in [0.5, 0.6) is 5.75 Å². The molecule has 4 aromatic rings. The van der Waals surface area contributed by atoms with Crippen LogP contribution in [0.4, 0.5) is 4.39 Å². The van der Waals surface area contributed by atoms with Crippen LogP contribution in [-0.4, -0.2) is 15.9 Å². The van der Waals surface area contributed by atoms with Crippen LogP contribution in [0, 0.1) is 9.39 Å². The molecular formula is C28H25FIN3O2. The lowest BCUT2D eigenvalue weighted by Crippen LogP contribution is -2.25. The molecule has 0 N–H and O–H groups in total. The van der Waals surface area contributed by atoms with Crippen LogP contribution >= 0.6 is 22.6 Å². The molecule has 0 saturated heterocycles. The first-order valence-corrected chi connectivity index (χ1v) is 12.9. The second kappa shape index (κ2) is 10.7. The Labute approximate surface area is 216 Å². The first-order chi connectivity index (χ1) is 17.1. The first-order valence-electron chi connectivity index (χ1n) is 11.8. The van der Waals surface area contributed by atoms with Gasteiger partial charge in [-0.15, -0.1) is 0 Å². The molecule has 0 unspecified atom stereocenters. The number of halogens is 2. The van der Waals surface area contributed by atoms with Crippen LogP contribution in [-0.2, 0) is 6.61 Å². The van der Waals surface area contributed by atoms with Crippen molar-refractivity contribution in [2.24, 2.45) is 5.10 Å². The summed E-state index contributed by atoms with van der Waals surface area (Å²) in [4.78, 5) is 18.2. The Bertz CT molecular complexity index is 1440. The van der Waals surface area contributed by atoms with Crippen molar-refractivity contribution in [1.82, 2.24) is 9.66 Å². The highest BCUT2D eigenvalue weighted by Crippen LogP contribution is 2.32. The van der Waals surface area contributed by atoms with Gasteiger partial charge in [0.25, 0.3) is 5.56 Å². The zero-order valence-electron chi connectivity index (χ0n) is 19.2. The Morgan fingerprint density at radius 1 is 1.06 bits per heavy atom. The molecular weight excluding hydrogens is 556 g/mol. The fourth-order valence-electron chi connectivity index (χ4n) is 4.49. The lowest BCUT2D eigenvalue weighted by Gasteiger charge is -2.22. The fourth-order valence-corrected chi connectivity index (χ4v) is 5.18. The van der Waals surface area contributed by atoms with E-state index in [4.69, 9.17) is 9.72 Å². The summed E-state index contributed by atoms with van der Waals surface area (Å²) in [6.45, 7) is 0.152. The minimum Gasteiger partial charge on any atom is -0.488 e. The van der Waals surface area contributed by atoms with E-state index in [1.807, 2.05) is 36.4 Å². The highest BCUT2D eigenvalue weighted by atomic mass is 127. The summed E-state index contributed by atoms with van der Waals surface area (Å²) in [6, 6.07) is 19.7. The normalized spacial score (nSPS) is 14.6. The third-order valence-electron chi connectivity index (χ3n) is 6.37. The van der Waals surface area contributed by atoms with Gasteiger partial charge in [-0.3, -0.25) is 4.79 Å². The number of hydrogen-bond donors (Lipinski definition) is 0. The number of benzene rings is 3. The molecule has 0 radical (unpaired) electrons. The molecule has 1 aromatic heterocycles. The van der Waals surface area contributed by atoms with Gasteiger partial charge in [-0.05, 0) is 77.4 Å². The Kier molecular flexibility index (Phi) is 7.22. The molecule has 0 aliphatic heterocycles. The van der Waals surface area contributed by atoms with Gasteiger partial charge in [0.15, 0.2) is 0 Å². The van der Waals surface area contributed by atoms with E-state index in [9.17, 15) is 9.18 Å². The Balaban J connectivity index is 1.43. The third-order valence-corrected chi connectivity index (χ3v) is 7.21. The second-order valence-corrected chi connectivity index (χ2v) is 9.92. The smallest absolute Gasteiger partial charge is 0.282 e. The quantitative estimate of drug-likeness (QED) is 0.189. The van der Waals surface area contributed by atoms with Crippen molar-refractivity contribution >= 4 is 39.7 Å². The van der Waals surface area contributed by atoms with Crippen molar-refractivity contribution in [2.45, 2.75) is 44.6 Å². The molecule has 1 saturated carbocycles. The molecule has 35 heavy (non-hydrogen) atoms. The number of nitrogens with zero attached hydrogens (tertiary/aromatic N) is 3. The van der Waals surface area contributed by atoms with Gasteiger partial charge < -0.3 is 4.74 Å². The molecule has 1 aliphatic rings. The van der Waals surface area contributed by atoms with Crippen LogP contribution in [0.1, 0.15) is 55.0 Å². The zero-order chi connectivity index (χ0) is 24.2. The summed E-state index contributed by atoms with van der Waals surface area (Å²) in [5.41, 5.74) is 1.91.